The first kappa shape index (κ1) is 44.9. The van der Waals surface area contributed by atoms with Crippen molar-refractivity contribution in [2.75, 3.05) is 21.2 Å². The molecule has 52 heavy (non-hydrogen) atoms. The molecule has 3 heterocycles. The summed E-state index contributed by atoms with van der Waals surface area (Å²) in [5.41, 5.74) is -4.68. The molecular weight excluding hydrogens is 680 g/mol. The van der Waals surface area contributed by atoms with Crippen LogP contribution in [0.4, 0.5) is 0 Å². The molecule has 0 unspecified atom stereocenters. The Morgan fingerprint density at radius 3 is 2.08 bits per heavy atom. The van der Waals surface area contributed by atoms with Gasteiger partial charge in [-0.15, -0.1) is 0 Å². The van der Waals surface area contributed by atoms with Gasteiger partial charge in [0.25, 0.3) is 0 Å². The fourth-order valence-corrected chi connectivity index (χ4v) is 8.61. The Morgan fingerprint density at radius 2 is 1.54 bits per heavy atom. The molecule has 0 bridgehead atoms. The number of aliphatic hydroxyl groups is 5. The van der Waals surface area contributed by atoms with Crippen molar-refractivity contribution < 1.29 is 64.0 Å². The summed E-state index contributed by atoms with van der Waals surface area (Å²) in [7, 11) is 5.19. The molecule has 0 radical (unpaired) electrons. The van der Waals surface area contributed by atoms with Crippen LogP contribution >= 0.6 is 0 Å². The number of carbonyl (C=O) groups is 1. The van der Waals surface area contributed by atoms with Gasteiger partial charge in [0.15, 0.2) is 12.6 Å². The summed E-state index contributed by atoms with van der Waals surface area (Å²) in [6.07, 6.45) is -9.51. The summed E-state index contributed by atoms with van der Waals surface area (Å²) in [6.45, 7) is 16.6. The highest BCUT2D eigenvalue weighted by Gasteiger charge is 2.53. The van der Waals surface area contributed by atoms with Gasteiger partial charge in [-0.25, -0.2) is 0 Å². The molecule has 0 aromatic rings. The Labute approximate surface area is 309 Å². The third kappa shape index (κ3) is 9.47. The van der Waals surface area contributed by atoms with Gasteiger partial charge in [-0.2, -0.15) is 0 Å². The van der Waals surface area contributed by atoms with Crippen LogP contribution in [0.5, 0.6) is 0 Å². The van der Waals surface area contributed by atoms with E-state index in [1.165, 1.54) is 14.0 Å². The third-order valence-electron chi connectivity index (χ3n) is 12.0. The SMILES string of the molecule is CC[C@@H]1OC(=O)[C@H](C)[C@@H](O[C@H]2C[C@@](C)(OC)[C@@H](O)[C@H](C)O2)[C@H](C)[C@@H](O[C@@H]2O[C@H](C)C[C@H](N(C)C)[C@H]2O)[C@@](C)(O)C[C@@H](C)/C(=N\O)[C@H](C)[C@@H](O)[C@]1(C)O. The van der Waals surface area contributed by atoms with E-state index in [-0.39, 0.29) is 37.1 Å². The standard InChI is InChI=1S/C37H68N2O13/c1-14-25-37(10,45)30(41)20(4)27(38-46)18(2)16-35(8,44)32(52-34-28(40)24(39(11)12)15-19(3)48-34)21(5)29(22(6)33(43)50-25)51-26-17-36(9,47-13)31(42)23(7)49-26/h18-26,28-32,34,40-42,44-46H,14-17H2,1-13H3/b38-27+/t18-,19-,20+,21+,22-,23+,24+,25+,26+,28-,29+,30-,31+,32-,34+,35+,36-,37-/m1/s1. The van der Waals surface area contributed by atoms with E-state index in [9.17, 15) is 35.5 Å². The largest absolute Gasteiger partial charge is 0.459 e. The van der Waals surface area contributed by atoms with Crippen LogP contribution in [0.15, 0.2) is 5.16 Å². The van der Waals surface area contributed by atoms with Crippen LogP contribution in [0.1, 0.15) is 94.9 Å². The molecule has 0 aliphatic carbocycles. The molecule has 6 N–H and O–H groups in total. The van der Waals surface area contributed by atoms with Crippen molar-refractivity contribution in [3.63, 3.8) is 0 Å². The number of esters is 1. The van der Waals surface area contributed by atoms with Crippen LogP contribution in [0.2, 0.25) is 0 Å². The second kappa shape index (κ2) is 17.5. The smallest absolute Gasteiger partial charge is 0.311 e. The molecule has 304 valence electrons. The lowest BCUT2D eigenvalue weighted by Crippen LogP contribution is -2.61. The van der Waals surface area contributed by atoms with Crippen LogP contribution in [0, 0.1) is 23.7 Å². The zero-order valence-electron chi connectivity index (χ0n) is 33.4. The molecule has 0 amide bonds. The summed E-state index contributed by atoms with van der Waals surface area (Å²) in [6, 6.07) is -0.322. The molecule has 18 atom stereocenters. The topological polar surface area (TPSA) is 209 Å². The maximum atomic E-state index is 14.1. The molecule has 0 saturated carbocycles. The lowest BCUT2D eigenvalue weighted by Gasteiger charge is -2.49. The first-order valence-corrected chi connectivity index (χ1v) is 18.7. The number of hydrogen-bond acceptors (Lipinski definition) is 15. The number of carbonyl (C=O) groups excluding carboxylic acids is 1. The van der Waals surface area contributed by atoms with Crippen LogP contribution in [0.25, 0.3) is 0 Å². The van der Waals surface area contributed by atoms with Crippen molar-refractivity contribution in [2.45, 2.75) is 179 Å². The Hall–Kier alpha value is -1.50. The van der Waals surface area contributed by atoms with Gasteiger partial charge in [0.05, 0.1) is 53.4 Å². The number of cyclic esters (lactones) is 1. The molecule has 0 aromatic heterocycles. The monoisotopic (exact) mass is 748 g/mol. The van der Waals surface area contributed by atoms with Gasteiger partial charge in [0.2, 0.25) is 0 Å². The number of nitrogens with zero attached hydrogens (tertiary/aromatic N) is 2. The maximum Gasteiger partial charge on any atom is 0.311 e. The van der Waals surface area contributed by atoms with Gasteiger partial charge in [0, 0.05) is 37.3 Å². The number of methoxy groups -OCH3 is 1. The van der Waals surface area contributed by atoms with E-state index < -0.39 is 102 Å². The summed E-state index contributed by atoms with van der Waals surface area (Å²) in [5.74, 6) is -4.24. The van der Waals surface area contributed by atoms with Crippen molar-refractivity contribution in [2.24, 2.45) is 28.8 Å². The minimum atomic E-state index is -1.97. The van der Waals surface area contributed by atoms with E-state index in [2.05, 4.69) is 5.16 Å². The number of likely N-dealkylation sites (N-methyl/N-ethyl adjacent to an activating group) is 1. The average Bonchev–Trinajstić information content (AvgIpc) is 3.06. The highest BCUT2D eigenvalue weighted by Crippen LogP contribution is 2.41. The number of rotatable bonds is 7. The average molecular weight is 749 g/mol. The lowest BCUT2D eigenvalue weighted by molar-refractivity contribution is -0.317. The molecule has 3 rings (SSSR count). The molecule has 3 aliphatic heterocycles. The van der Waals surface area contributed by atoms with E-state index in [4.69, 9.17) is 28.4 Å². The predicted molar refractivity (Wildman–Crippen MR) is 190 cm³/mol. The van der Waals surface area contributed by atoms with Crippen LogP contribution in [-0.4, -0.2) is 153 Å². The van der Waals surface area contributed by atoms with Gasteiger partial charge in [-0.1, -0.05) is 32.9 Å². The Bertz CT molecular complexity index is 1200. The van der Waals surface area contributed by atoms with Crippen LogP contribution in [-0.2, 0) is 33.2 Å². The minimum Gasteiger partial charge on any atom is -0.459 e. The van der Waals surface area contributed by atoms with E-state index >= 15 is 0 Å². The van der Waals surface area contributed by atoms with E-state index in [0.717, 1.165) is 0 Å². The summed E-state index contributed by atoms with van der Waals surface area (Å²) < 4.78 is 37.2. The maximum absolute atomic E-state index is 14.1. The molecule has 3 saturated heterocycles. The lowest BCUT2D eigenvalue weighted by atomic mass is 9.73. The first-order chi connectivity index (χ1) is 24.0. The van der Waals surface area contributed by atoms with Crippen molar-refractivity contribution in [1.82, 2.24) is 4.90 Å². The van der Waals surface area contributed by atoms with Gasteiger partial charge in [0.1, 0.15) is 23.9 Å². The van der Waals surface area contributed by atoms with Gasteiger partial charge in [-0.3, -0.25) is 4.79 Å². The Balaban J connectivity index is 2.21. The molecule has 3 aliphatic rings. The van der Waals surface area contributed by atoms with Gasteiger partial charge >= 0.3 is 5.97 Å². The van der Waals surface area contributed by atoms with Crippen LogP contribution < -0.4 is 0 Å². The van der Waals surface area contributed by atoms with Crippen molar-refractivity contribution in [3.8, 4) is 0 Å². The molecule has 15 heteroatoms. The van der Waals surface area contributed by atoms with E-state index in [1.54, 1.807) is 55.4 Å². The van der Waals surface area contributed by atoms with Crippen molar-refractivity contribution in [3.05, 3.63) is 0 Å². The molecular formula is C37H68N2O13. The number of ether oxygens (including phenoxy) is 6. The van der Waals surface area contributed by atoms with Crippen molar-refractivity contribution in [1.29, 1.82) is 0 Å². The fourth-order valence-electron chi connectivity index (χ4n) is 8.61. The normalized spacial score (nSPS) is 49.8. The quantitative estimate of drug-likeness (QED) is 0.125. The Morgan fingerprint density at radius 1 is 0.923 bits per heavy atom. The highest BCUT2D eigenvalue weighted by atomic mass is 16.7. The number of aliphatic hydroxyl groups excluding tert-OH is 3. The summed E-state index contributed by atoms with van der Waals surface area (Å²) >= 11 is 0. The first-order valence-electron chi connectivity index (χ1n) is 18.7. The van der Waals surface area contributed by atoms with Crippen molar-refractivity contribution >= 4 is 11.7 Å². The van der Waals surface area contributed by atoms with Gasteiger partial charge < -0.3 is 64.1 Å². The predicted octanol–water partition coefficient (Wildman–Crippen LogP) is 2.05. The fraction of sp³-hybridized carbons (Fsp3) is 0.946. The molecule has 0 aromatic carbocycles. The molecule has 3 fully saturated rings. The molecule has 0 spiro atoms. The zero-order chi connectivity index (χ0) is 39.7. The molecule has 15 nitrogen and oxygen atoms in total. The third-order valence-corrected chi connectivity index (χ3v) is 12.0. The van der Waals surface area contributed by atoms with Gasteiger partial charge in [-0.05, 0) is 74.9 Å². The number of hydrogen-bond donors (Lipinski definition) is 6. The highest BCUT2D eigenvalue weighted by molar-refractivity contribution is 5.88. The number of oxime groups is 1. The zero-order valence-corrected chi connectivity index (χ0v) is 33.4. The van der Waals surface area contributed by atoms with E-state index in [1.807, 2.05) is 25.9 Å². The van der Waals surface area contributed by atoms with Crippen LogP contribution in [0.3, 0.4) is 0 Å². The summed E-state index contributed by atoms with van der Waals surface area (Å²) in [5, 5.41) is 71.8. The second-order valence-corrected chi connectivity index (χ2v) is 16.6. The Kier molecular flexibility index (Phi) is 15.1. The summed E-state index contributed by atoms with van der Waals surface area (Å²) in [4.78, 5) is 16.0. The van der Waals surface area contributed by atoms with E-state index in [0.29, 0.717) is 6.42 Å². The minimum absolute atomic E-state index is 0.0657. The second-order valence-electron chi connectivity index (χ2n) is 16.6.